The molecule has 0 radical (unpaired) electrons. The number of carbonyl (C=O) groups excluding carboxylic acids is 1. The topological polar surface area (TPSA) is 96.9 Å². The Morgan fingerprint density at radius 1 is 1.63 bits per heavy atom. The fraction of sp³-hybridized carbons (Fsp3) is 0.667. The number of carboxylic acid groups (broad SMARTS) is 1. The number of urea groups is 1. The van der Waals surface area contributed by atoms with Gasteiger partial charge in [0.1, 0.15) is 11.6 Å². The van der Waals surface area contributed by atoms with Crippen molar-refractivity contribution in [3.05, 3.63) is 12.7 Å². The van der Waals surface area contributed by atoms with Crippen molar-refractivity contribution in [3.8, 4) is 0 Å². The highest BCUT2D eigenvalue weighted by molar-refractivity contribution is 5.82. The molecule has 1 aliphatic heterocycles. The first kappa shape index (κ1) is 15.5. The summed E-state index contributed by atoms with van der Waals surface area (Å²) in [7, 11) is 1.56. The van der Waals surface area contributed by atoms with Gasteiger partial charge >= 0.3 is 12.0 Å². The van der Waals surface area contributed by atoms with Crippen LogP contribution in [0.25, 0.3) is 0 Å². The second-order valence-corrected chi connectivity index (χ2v) is 4.43. The molecule has 1 heterocycles. The summed E-state index contributed by atoms with van der Waals surface area (Å²) in [5, 5.41) is 13.9. The van der Waals surface area contributed by atoms with E-state index in [2.05, 4.69) is 17.2 Å². The number of amides is 2. The zero-order valence-corrected chi connectivity index (χ0v) is 11.0. The first-order chi connectivity index (χ1) is 9.03. The molecule has 0 spiro atoms. The molecule has 1 rings (SSSR count). The van der Waals surface area contributed by atoms with Gasteiger partial charge in [0.05, 0.1) is 13.2 Å². The minimum Gasteiger partial charge on any atom is -0.480 e. The molecule has 7 nitrogen and oxygen atoms in total. The lowest BCUT2D eigenvalue weighted by Gasteiger charge is -2.26. The molecule has 1 aliphatic rings. The molecule has 1 fully saturated rings. The van der Waals surface area contributed by atoms with Crippen molar-refractivity contribution in [2.45, 2.75) is 24.5 Å². The Morgan fingerprint density at radius 2 is 2.37 bits per heavy atom. The molecule has 19 heavy (non-hydrogen) atoms. The third-order valence-corrected chi connectivity index (χ3v) is 3.08. The lowest BCUT2D eigenvalue weighted by atomic mass is 10.0. The lowest BCUT2D eigenvalue weighted by molar-refractivity contribution is -0.139. The number of hydrogen-bond donors (Lipinski definition) is 3. The smallest absolute Gasteiger partial charge is 0.326 e. The maximum absolute atomic E-state index is 11.6. The summed E-state index contributed by atoms with van der Waals surface area (Å²) in [5.41, 5.74) is -0.519. The van der Waals surface area contributed by atoms with Crippen LogP contribution in [-0.4, -0.2) is 55.6 Å². The molecule has 0 saturated carbocycles. The molecule has 2 atom stereocenters. The van der Waals surface area contributed by atoms with Gasteiger partial charge in [-0.15, -0.1) is 6.58 Å². The van der Waals surface area contributed by atoms with E-state index in [0.717, 1.165) is 0 Å². The Labute approximate surface area is 112 Å². The molecule has 2 amide bonds. The minimum absolute atomic E-state index is 0.168. The van der Waals surface area contributed by atoms with E-state index in [9.17, 15) is 9.59 Å². The summed E-state index contributed by atoms with van der Waals surface area (Å²) in [6.45, 7) is 4.73. The maximum Gasteiger partial charge on any atom is 0.326 e. The second kappa shape index (κ2) is 7.10. The lowest BCUT2D eigenvalue weighted by Crippen LogP contribution is -2.51. The van der Waals surface area contributed by atoms with E-state index in [4.69, 9.17) is 14.6 Å². The molecule has 2 unspecified atom stereocenters. The van der Waals surface area contributed by atoms with Crippen LogP contribution >= 0.6 is 0 Å². The second-order valence-electron chi connectivity index (χ2n) is 4.43. The number of hydrogen-bond acceptors (Lipinski definition) is 4. The number of carboxylic acids is 1. The number of methoxy groups -OCH3 is 1. The van der Waals surface area contributed by atoms with Crippen LogP contribution in [0.3, 0.4) is 0 Å². The largest absolute Gasteiger partial charge is 0.480 e. The zero-order valence-electron chi connectivity index (χ0n) is 11.0. The molecule has 108 valence electrons. The molecule has 0 aromatic carbocycles. The number of carbonyl (C=O) groups is 2. The first-order valence-electron chi connectivity index (χ1n) is 6.04. The molecule has 0 bridgehead atoms. The molecule has 0 aliphatic carbocycles. The van der Waals surface area contributed by atoms with Gasteiger partial charge in [0, 0.05) is 20.1 Å². The van der Waals surface area contributed by atoms with Gasteiger partial charge in [-0.2, -0.15) is 0 Å². The number of rotatable bonds is 7. The van der Waals surface area contributed by atoms with Crippen LogP contribution in [0.5, 0.6) is 0 Å². The summed E-state index contributed by atoms with van der Waals surface area (Å²) >= 11 is 0. The van der Waals surface area contributed by atoms with E-state index in [-0.39, 0.29) is 13.0 Å². The summed E-state index contributed by atoms with van der Waals surface area (Å²) in [5.74, 6) is -1.10. The Bertz CT molecular complexity index is 339. The SMILES string of the molecule is C=CCC(NC(=O)NCC1(OC)CCOC1)C(=O)O. The summed E-state index contributed by atoms with van der Waals surface area (Å²) in [6, 6.07) is -1.52. The third-order valence-electron chi connectivity index (χ3n) is 3.08. The van der Waals surface area contributed by atoms with Crippen LogP contribution in [0.1, 0.15) is 12.8 Å². The van der Waals surface area contributed by atoms with Crippen molar-refractivity contribution in [3.63, 3.8) is 0 Å². The van der Waals surface area contributed by atoms with E-state index in [1.165, 1.54) is 6.08 Å². The van der Waals surface area contributed by atoms with E-state index >= 15 is 0 Å². The van der Waals surface area contributed by atoms with Gasteiger partial charge in [0.2, 0.25) is 0 Å². The third kappa shape index (κ3) is 4.53. The number of aliphatic carboxylic acids is 1. The van der Waals surface area contributed by atoms with Crippen LogP contribution < -0.4 is 10.6 Å². The van der Waals surface area contributed by atoms with Crippen molar-refractivity contribution in [1.29, 1.82) is 0 Å². The number of ether oxygens (including phenoxy) is 2. The molecule has 3 N–H and O–H groups in total. The highest BCUT2D eigenvalue weighted by Gasteiger charge is 2.35. The zero-order chi connectivity index (χ0) is 14.3. The average molecular weight is 272 g/mol. The number of nitrogens with one attached hydrogen (secondary N) is 2. The monoisotopic (exact) mass is 272 g/mol. The Balaban J connectivity index is 2.41. The van der Waals surface area contributed by atoms with Crippen LogP contribution in [0.4, 0.5) is 4.79 Å². The van der Waals surface area contributed by atoms with Gasteiger partial charge in [-0.05, 0) is 6.42 Å². The Morgan fingerprint density at radius 3 is 2.84 bits per heavy atom. The highest BCUT2D eigenvalue weighted by Crippen LogP contribution is 2.21. The van der Waals surface area contributed by atoms with Crippen molar-refractivity contribution < 1.29 is 24.2 Å². The normalized spacial score (nSPS) is 23.6. The fourth-order valence-electron chi connectivity index (χ4n) is 1.80. The van der Waals surface area contributed by atoms with Gasteiger partial charge in [0.25, 0.3) is 0 Å². The summed E-state index contributed by atoms with van der Waals surface area (Å²) in [6.07, 6.45) is 2.31. The van der Waals surface area contributed by atoms with Gasteiger partial charge in [-0.25, -0.2) is 9.59 Å². The van der Waals surface area contributed by atoms with Crippen molar-refractivity contribution in [2.24, 2.45) is 0 Å². The summed E-state index contributed by atoms with van der Waals surface area (Å²) < 4.78 is 10.6. The minimum atomic E-state index is -1.10. The average Bonchev–Trinajstić information content (AvgIpc) is 2.85. The predicted molar refractivity (Wildman–Crippen MR) is 67.9 cm³/mol. The molecular formula is C12H20N2O5. The first-order valence-corrected chi connectivity index (χ1v) is 6.04. The van der Waals surface area contributed by atoms with Gasteiger partial charge < -0.3 is 25.2 Å². The van der Waals surface area contributed by atoms with Crippen LogP contribution in [0.15, 0.2) is 12.7 Å². The van der Waals surface area contributed by atoms with Crippen molar-refractivity contribution in [2.75, 3.05) is 26.9 Å². The molecule has 7 heteroatoms. The van der Waals surface area contributed by atoms with E-state index in [0.29, 0.717) is 19.6 Å². The quantitative estimate of drug-likeness (QED) is 0.572. The molecular weight excluding hydrogens is 252 g/mol. The Kier molecular flexibility index (Phi) is 5.78. The van der Waals surface area contributed by atoms with Gasteiger partial charge in [0.15, 0.2) is 0 Å². The van der Waals surface area contributed by atoms with Crippen LogP contribution in [0, 0.1) is 0 Å². The van der Waals surface area contributed by atoms with Crippen LogP contribution in [-0.2, 0) is 14.3 Å². The standard InChI is InChI=1S/C12H20N2O5/c1-3-4-9(10(15)16)14-11(17)13-7-12(18-2)5-6-19-8-12/h3,9H,1,4-8H2,2H3,(H,15,16)(H2,13,14,17). The highest BCUT2D eigenvalue weighted by atomic mass is 16.5. The van der Waals surface area contributed by atoms with Crippen molar-refractivity contribution >= 4 is 12.0 Å². The van der Waals surface area contributed by atoms with Gasteiger partial charge in [-0.1, -0.05) is 6.08 Å². The molecule has 1 saturated heterocycles. The molecule has 0 aromatic heterocycles. The maximum atomic E-state index is 11.6. The van der Waals surface area contributed by atoms with Crippen molar-refractivity contribution in [1.82, 2.24) is 10.6 Å². The fourth-order valence-corrected chi connectivity index (χ4v) is 1.80. The predicted octanol–water partition coefficient (Wildman–Crippen LogP) is 0.120. The van der Waals surface area contributed by atoms with E-state index < -0.39 is 23.6 Å². The van der Waals surface area contributed by atoms with Crippen LogP contribution in [0.2, 0.25) is 0 Å². The summed E-state index contributed by atoms with van der Waals surface area (Å²) in [4.78, 5) is 22.5. The molecule has 0 aromatic rings. The Hall–Kier alpha value is -1.60. The van der Waals surface area contributed by atoms with E-state index in [1.54, 1.807) is 7.11 Å². The van der Waals surface area contributed by atoms with Gasteiger partial charge in [-0.3, -0.25) is 0 Å². The van der Waals surface area contributed by atoms with E-state index in [1.807, 2.05) is 0 Å².